The fourth-order valence-corrected chi connectivity index (χ4v) is 4.16. The van der Waals surface area contributed by atoms with E-state index in [4.69, 9.17) is 9.47 Å². The molecule has 2 aliphatic rings. The summed E-state index contributed by atoms with van der Waals surface area (Å²) in [5.74, 6) is 1.12. The first kappa shape index (κ1) is 15.4. The Balaban J connectivity index is 1.37. The summed E-state index contributed by atoms with van der Waals surface area (Å²) in [4.78, 5) is 17.2. The van der Waals surface area contributed by atoms with Gasteiger partial charge in [-0.3, -0.25) is 4.79 Å². The molecule has 4 heterocycles. The maximum Gasteiger partial charge on any atom is 0.261 e. The molecule has 4 rings (SSSR count). The van der Waals surface area contributed by atoms with E-state index in [-0.39, 0.29) is 11.9 Å². The van der Waals surface area contributed by atoms with Crippen molar-refractivity contribution in [3.05, 3.63) is 35.3 Å². The van der Waals surface area contributed by atoms with Crippen LogP contribution in [0.2, 0.25) is 0 Å². The van der Waals surface area contributed by atoms with Gasteiger partial charge in [0, 0.05) is 24.2 Å². The number of thiophene rings is 1. The molecule has 3 atom stereocenters. The SMILES string of the molecule is COc1ccc(Oc2ccc(C(=O)NC3CC4CCC3N4)s2)cn1. The van der Waals surface area contributed by atoms with Crippen LogP contribution < -0.4 is 20.1 Å². The number of amides is 1. The third kappa shape index (κ3) is 3.09. The lowest BCUT2D eigenvalue weighted by Gasteiger charge is -2.20. The Morgan fingerprint density at radius 2 is 2.25 bits per heavy atom. The van der Waals surface area contributed by atoms with E-state index >= 15 is 0 Å². The first-order chi connectivity index (χ1) is 11.7. The second kappa shape index (κ2) is 6.41. The van der Waals surface area contributed by atoms with Crippen LogP contribution in [0.3, 0.4) is 0 Å². The van der Waals surface area contributed by atoms with E-state index in [1.165, 1.54) is 17.8 Å². The van der Waals surface area contributed by atoms with Crippen molar-refractivity contribution in [3.63, 3.8) is 0 Å². The minimum atomic E-state index is -0.0259. The van der Waals surface area contributed by atoms with E-state index in [0.29, 0.717) is 33.7 Å². The maximum absolute atomic E-state index is 12.4. The van der Waals surface area contributed by atoms with Crippen LogP contribution >= 0.6 is 11.3 Å². The van der Waals surface area contributed by atoms with Gasteiger partial charge in [-0.1, -0.05) is 11.3 Å². The molecule has 6 nitrogen and oxygen atoms in total. The standard InChI is InChI=1S/C17H19N3O3S/c1-22-15-6-3-11(9-18-15)23-16-7-5-14(24-16)17(21)20-13-8-10-2-4-12(13)19-10/h3,5-7,9-10,12-13,19H,2,4,8H2,1H3,(H,20,21). The van der Waals surface area contributed by atoms with Crippen molar-refractivity contribution >= 4 is 17.2 Å². The van der Waals surface area contributed by atoms with Crippen LogP contribution in [-0.4, -0.2) is 36.1 Å². The van der Waals surface area contributed by atoms with Crippen molar-refractivity contribution < 1.29 is 14.3 Å². The molecule has 2 aromatic rings. The summed E-state index contributed by atoms with van der Waals surface area (Å²) in [6.45, 7) is 0. The Morgan fingerprint density at radius 3 is 2.92 bits per heavy atom. The van der Waals surface area contributed by atoms with Crippen LogP contribution in [-0.2, 0) is 0 Å². The normalized spacial score (nSPS) is 24.8. The van der Waals surface area contributed by atoms with E-state index in [2.05, 4.69) is 15.6 Å². The highest BCUT2D eigenvalue weighted by Gasteiger charge is 2.39. The number of methoxy groups -OCH3 is 1. The topological polar surface area (TPSA) is 72.5 Å². The molecule has 2 aromatic heterocycles. The molecule has 7 heteroatoms. The number of nitrogens with zero attached hydrogens (tertiary/aromatic N) is 1. The van der Waals surface area contributed by atoms with Crippen LogP contribution in [0.15, 0.2) is 30.5 Å². The predicted octanol–water partition coefficient (Wildman–Crippen LogP) is 2.57. The molecule has 0 aromatic carbocycles. The molecule has 1 amide bonds. The molecule has 2 aliphatic heterocycles. The van der Waals surface area contributed by atoms with E-state index in [1.54, 1.807) is 31.5 Å². The second-order valence-corrected chi connectivity index (χ2v) is 7.17. The number of nitrogens with one attached hydrogen (secondary N) is 2. The lowest BCUT2D eigenvalue weighted by Crippen LogP contribution is -2.42. The molecule has 0 radical (unpaired) electrons. The molecule has 0 aliphatic carbocycles. The molecule has 126 valence electrons. The van der Waals surface area contributed by atoms with Crippen molar-refractivity contribution in [2.24, 2.45) is 0 Å². The van der Waals surface area contributed by atoms with E-state index in [9.17, 15) is 4.79 Å². The third-order valence-electron chi connectivity index (χ3n) is 4.56. The smallest absolute Gasteiger partial charge is 0.261 e. The Labute approximate surface area is 144 Å². The summed E-state index contributed by atoms with van der Waals surface area (Å²) >= 11 is 1.34. The highest BCUT2D eigenvalue weighted by molar-refractivity contribution is 7.15. The maximum atomic E-state index is 12.4. The Hall–Kier alpha value is -2.12. The average molecular weight is 345 g/mol. The highest BCUT2D eigenvalue weighted by Crippen LogP contribution is 2.31. The lowest BCUT2D eigenvalue weighted by molar-refractivity contribution is 0.0935. The average Bonchev–Trinajstić information content (AvgIpc) is 3.32. The number of aromatic nitrogens is 1. The molecule has 0 spiro atoms. The Kier molecular flexibility index (Phi) is 4.12. The fourth-order valence-electron chi connectivity index (χ4n) is 3.38. The molecule has 2 fully saturated rings. The van der Waals surface area contributed by atoms with E-state index < -0.39 is 0 Å². The van der Waals surface area contributed by atoms with Gasteiger partial charge in [-0.2, -0.15) is 0 Å². The summed E-state index contributed by atoms with van der Waals surface area (Å²) in [5.41, 5.74) is 0. The summed E-state index contributed by atoms with van der Waals surface area (Å²) in [6, 6.07) is 8.37. The summed E-state index contributed by atoms with van der Waals surface area (Å²) in [5, 5.41) is 7.34. The van der Waals surface area contributed by atoms with E-state index in [0.717, 1.165) is 12.8 Å². The van der Waals surface area contributed by atoms with Gasteiger partial charge in [0.25, 0.3) is 5.91 Å². The zero-order valence-corrected chi connectivity index (χ0v) is 14.1. The zero-order chi connectivity index (χ0) is 16.5. The van der Waals surface area contributed by atoms with Crippen molar-refractivity contribution in [1.29, 1.82) is 0 Å². The third-order valence-corrected chi connectivity index (χ3v) is 5.52. The molecule has 3 unspecified atom stereocenters. The van der Waals surface area contributed by atoms with Crippen molar-refractivity contribution in [1.82, 2.24) is 15.6 Å². The van der Waals surface area contributed by atoms with Crippen LogP contribution in [0.1, 0.15) is 28.9 Å². The van der Waals surface area contributed by atoms with Gasteiger partial charge in [-0.15, -0.1) is 0 Å². The Bertz CT molecular complexity index is 731. The minimum absolute atomic E-state index is 0.0259. The van der Waals surface area contributed by atoms with Gasteiger partial charge in [0.2, 0.25) is 5.88 Å². The first-order valence-electron chi connectivity index (χ1n) is 8.06. The number of rotatable bonds is 5. The van der Waals surface area contributed by atoms with Gasteiger partial charge in [-0.25, -0.2) is 4.98 Å². The van der Waals surface area contributed by atoms with Gasteiger partial charge < -0.3 is 20.1 Å². The summed E-state index contributed by atoms with van der Waals surface area (Å²) < 4.78 is 10.8. The van der Waals surface area contributed by atoms with Gasteiger partial charge in [0.1, 0.15) is 5.75 Å². The minimum Gasteiger partial charge on any atom is -0.481 e. The highest BCUT2D eigenvalue weighted by atomic mass is 32.1. The fraction of sp³-hybridized carbons (Fsp3) is 0.412. The molecule has 2 saturated heterocycles. The molecule has 2 bridgehead atoms. The number of ether oxygens (including phenoxy) is 2. The zero-order valence-electron chi connectivity index (χ0n) is 13.3. The Morgan fingerprint density at radius 1 is 1.33 bits per heavy atom. The number of fused-ring (bicyclic) bond motifs is 2. The molecular weight excluding hydrogens is 326 g/mol. The van der Waals surface area contributed by atoms with Gasteiger partial charge in [-0.05, 0) is 37.5 Å². The number of pyridine rings is 1. The summed E-state index contributed by atoms with van der Waals surface area (Å²) in [6.07, 6.45) is 5.00. The quantitative estimate of drug-likeness (QED) is 0.871. The van der Waals surface area contributed by atoms with Crippen LogP contribution in [0.25, 0.3) is 0 Å². The molecule has 2 N–H and O–H groups in total. The van der Waals surface area contributed by atoms with Crippen molar-refractivity contribution in [2.45, 2.75) is 37.4 Å². The van der Waals surface area contributed by atoms with Crippen LogP contribution in [0.5, 0.6) is 16.7 Å². The molecule has 0 saturated carbocycles. The first-order valence-corrected chi connectivity index (χ1v) is 8.87. The van der Waals surface area contributed by atoms with Crippen LogP contribution in [0, 0.1) is 0 Å². The van der Waals surface area contributed by atoms with Crippen molar-refractivity contribution in [3.8, 4) is 16.7 Å². The van der Waals surface area contributed by atoms with Gasteiger partial charge >= 0.3 is 0 Å². The lowest BCUT2D eigenvalue weighted by atomic mass is 9.95. The van der Waals surface area contributed by atoms with Crippen molar-refractivity contribution in [2.75, 3.05) is 7.11 Å². The second-order valence-electron chi connectivity index (χ2n) is 6.12. The van der Waals surface area contributed by atoms with Crippen LogP contribution in [0.4, 0.5) is 0 Å². The monoisotopic (exact) mass is 345 g/mol. The molecular formula is C17H19N3O3S. The number of hydrogen-bond acceptors (Lipinski definition) is 6. The number of carbonyl (C=O) groups excluding carboxylic acids is 1. The molecule has 24 heavy (non-hydrogen) atoms. The van der Waals surface area contributed by atoms with Gasteiger partial charge in [0.05, 0.1) is 18.2 Å². The van der Waals surface area contributed by atoms with E-state index in [1.807, 2.05) is 6.07 Å². The number of hydrogen-bond donors (Lipinski definition) is 2. The largest absolute Gasteiger partial charge is 0.481 e. The van der Waals surface area contributed by atoms with Gasteiger partial charge in [0.15, 0.2) is 5.06 Å². The predicted molar refractivity (Wildman–Crippen MR) is 91.0 cm³/mol. The number of carbonyl (C=O) groups is 1. The summed E-state index contributed by atoms with van der Waals surface area (Å²) in [7, 11) is 1.57.